The van der Waals surface area contributed by atoms with Crippen LogP contribution >= 0.6 is 11.8 Å². The van der Waals surface area contributed by atoms with Gasteiger partial charge in [0.15, 0.2) is 0 Å². The van der Waals surface area contributed by atoms with Crippen LogP contribution in [0.1, 0.15) is 23.3 Å². The summed E-state index contributed by atoms with van der Waals surface area (Å²) in [7, 11) is 0. The van der Waals surface area contributed by atoms with Crippen molar-refractivity contribution in [3.63, 3.8) is 0 Å². The molecule has 2 N–H and O–H groups in total. The Hall–Kier alpha value is -1.32. The predicted octanol–water partition coefficient (Wildman–Crippen LogP) is 3.57. The molecule has 2 unspecified atom stereocenters. The van der Waals surface area contributed by atoms with Crippen LogP contribution < -0.4 is 5.73 Å². The first-order valence-corrected chi connectivity index (χ1v) is 6.93. The largest absolute Gasteiger partial charge is 0.327 e. The van der Waals surface area contributed by atoms with E-state index in [2.05, 4.69) is 43.1 Å². The molecule has 1 heterocycles. The average molecular weight is 258 g/mol. The zero-order valence-electron chi connectivity index (χ0n) is 10.7. The summed E-state index contributed by atoms with van der Waals surface area (Å²) in [4.78, 5) is 5.24. The Morgan fingerprint density at radius 1 is 1.06 bits per heavy atom. The molecule has 3 heteroatoms. The fourth-order valence-electron chi connectivity index (χ4n) is 1.80. The van der Waals surface area contributed by atoms with Crippen molar-refractivity contribution in [2.45, 2.75) is 30.0 Å². The molecule has 0 spiro atoms. The highest BCUT2D eigenvalue weighted by molar-refractivity contribution is 7.99. The summed E-state index contributed by atoms with van der Waals surface area (Å²) >= 11 is 1.79. The standard InChI is InChI=1S/C15H18N2S/c1-11-3-5-13(6-4-11)15(12(2)16)18-14-7-9-17-10-8-14/h3-10,12,15H,16H2,1-2H3. The summed E-state index contributed by atoms with van der Waals surface area (Å²) in [6, 6.07) is 12.7. The van der Waals surface area contributed by atoms with Gasteiger partial charge in [0.2, 0.25) is 0 Å². The highest BCUT2D eigenvalue weighted by Crippen LogP contribution is 2.36. The summed E-state index contributed by atoms with van der Waals surface area (Å²) in [5.41, 5.74) is 8.67. The molecule has 0 aliphatic carbocycles. The zero-order chi connectivity index (χ0) is 13.0. The van der Waals surface area contributed by atoms with Crippen LogP contribution in [-0.4, -0.2) is 11.0 Å². The van der Waals surface area contributed by atoms with Gasteiger partial charge < -0.3 is 5.73 Å². The Balaban J connectivity index is 2.21. The van der Waals surface area contributed by atoms with Gasteiger partial charge in [-0.3, -0.25) is 4.98 Å². The van der Waals surface area contributed by atoms with Crippen molar-refractivity contribution in [2.24, 2.45) is 5.73 Å². The lowest BCUT2D eigenvalue weighted by Crippen LogP contribution is -2.22. The van der Waals surface area contributed by atoms with Gasteiger partial charge in [0, 0.05) is 28.6 Å². The molecule has 0 fully saturated rings. The van der Waals surface area contributed by atoms with Crippen molar-refractivity contribution < 1.29 is 0 Å². The number of thioether (sulfide) groups is 1. The van der Waals surface area contributed by atoms with Crippen LogP contribution in [0.3, 0.4) is 0 Å². The van der Waals surface area contributed by atoms with Crippen LogP contribution in [0.4, 0.5) is 0 Å². The number of hydrogen-bond donors (Lipinski definition) is 1. The third-order valence-electron chi connectivity index (χ3n) is 2.80. The lowest BCUT2D eigenvalue weighted by atomic mass is 10.1. The SMILES string of the molecule is Cc1ccc(C(Sc2ccncc2)C(C)N)cc1. The molecule has 2 nitrogen and oxygen atoms in total. The van der Waals surface area contributed by atoms with E-state index < -0.39 is 0 Å². The van der Waals surface area contributed by atoms with E-state index in [1.807, 2.05) is 24.5 Å². The molecule has 2 rings (SSSR count). The van der Waals surface area contributed by atoms with Crippen LogP contribution in [0.15, 0.2) is 53.7 Å². The van der Waals surface area contributed by atoms with Gasteiger partial charge in [-0.2, -0.15) is 0 Å². The van der Waals surface area contributed by atoms with Crippen LogP contribution in [0, 0.1) is 6.92 Å². The summed E-state index contributed by atoms with van der Waals surface area (Å²) in [5, 5.41) is 0.271. The Morgan fingerprint density at radius 3 is 2.22 bits per heavy atom. The van der Waals surface area contributed by atoms with Gasteiger partial charge in [0.1, 0.15) is 0 Å². The molecule has 1 aromatic carbocycles. The maximum atomic E-state index is 6.12. The molecule has 0 amide bonds. The molecule has 0 saturated heterocycles. The summed E-state index contributed by atoms with van der Waals surface area (Å²) < 4.78 is 0. The first kappa shape index (κ1) is 13.1. The Morgan fingerprint density at radius 2 is 1.67 bits per heavy atom. The van der Waals surface area contributed by atoms with E-state index in [0.29, 0.717) is 0 Å². The molecule has 0 bridgehead atoms. The Bertz CT molecular complexity index is 480. The first-order valence-electron chi connectivity index (χ1n) is 6.05. The number of nitrogens with zero attached hydrogens (tertiary/aromatic N) is 1. The molecule has 0 aliphatic rings. The van der Waals surface area contributed by atoms with Crippen LogP contribution in [0.25, 0.3) is 0 Å². The lowest BCUT2D eigenvalue weighted by molar-refractivity contribution is 0.721. The molecule has 1 aromatic heterocycles. The summed E-state index contributed by atoms with van der Waals surface area (Å²) in [6.45, 7) is 4.15. The second kappa shape index (κ2) is 6.03. The van der Waals surface area contributed by atoms with Gasteiger partial charge in [-0.15, -0.1) is 11.8 Å². The summed E-state index contributed by atoms with van der Waals surface area (Å²) in [5.74, 6) is 0. The summed E-state index contributed by atoms with van der Waals surface area (Å²) in [6.07, 6.45) is 3.63. The number of rotatable bonds is 4. The molecule has 2 atom stereocenters. The van der Waals surface area contributed by atoms with Gasteiger partial charge in [0.25, 0.3) is 0 Å². The van der Waals surface area contributed by atoms with Crippen molar-refractivity contribution in [1.82, 2.24) is 4.98 Å². The maximum absolute atomic E-state index is 6.12. The van der Waals surface area contributed by atoms with E-state index >= 15 is 0 Å². The van der Waals surface area contributed by atoms with Crippen molar-refractivity contribution in [3.05, 3.63) is 59.9 Å². The van der Waals surface area contributed by atoms with Crippen molar-refractivity contribution >= 4 is 11.8 Å². The van der Waals surface area contributed by atoms with E-state index in [1.54, 1.807) is 11.8 Å². The molecule has 18 heavy (non-hydrogen) atoms. The van der Waals surface area contributed by atoms with Crippen LogP contribution in [0.2, 0.25) is 0 Å². The van der Waals surface area contributed by atoms with Crippen LogP contribution in [-0.2, 0) is 0 Å². The van der Waals surface area contributed by atoms with Gasteiger partial charge in [-0.05, 0) is 31.5 Å². The van der Waals surface area contributed by atoms with Gasteiger partial charge >= 0.3 is 0 Å². The normalized spacial score (nSPS) is 14.2. The highest BCUT2D eigenvalue weighted by atomic mass is 32.2. The second-order valence-corrected chi connectivity index (χ2v) is 5.71. The second-order valence-electron chi connectivity index (χ2n) is 4.49. The minimum atomic E-state index is 0.103. The first-order chi connectivity index (χ1) is 8.66. The fourth-order valence-corrected chi connectivity index (χ4v) is 2.88. The van der Waals surface area contributed by atoms with E-state index in [-0.39, 0.29) is 11.3 Å². The van der Waals surface area contributed by atoms with E-state index in [1.165, 1.54) is 16.0 Å². The zero-order valence-corrected chi connectivity index (χ0v) is 11.5. The predicted molar refractivity (Wildman–Crippen MR) is 77.7 cm³/mol. The molecular formula is C15H18N2S. The highest BCUT2D eigenvalue weighted by Gasteiger charge is 2.17. The molecule has 0 aliphatic heterocycles. The average Bonchev–Trinajstić information content (AvgIpc) is 2.38. The number of aromatic nitrogens is 1. The molecule has 2 aromatic rings. The molecule has 0 radical (unpaired) electrons. The van der Waals surface area contributed by atoms with Gasteiger partial charge in [0.05, 0.1) is 0 Å². The van der Waals surface area contributed by atoms with E-state index in [9.17, 15) is 0 Å². The third kappa shape index (κ3) is 3.34. The number of pyridine rings is 1. The monoisotopic (exact) mass is 258 g/mol. The number of hydrogen-bond acceptors (Lipinski definition) is 3. The third-order valence-corrected chi connectivity index (χ3v) is 4.30. The van der Waals surface area contributed by atoms with Crippen molar-refractivity contribution in [2.75, 3.05) is 0 Å². The minimum Gasteiger partial charge on any atom is -0.327 e. The van der Waals surface area contributed by atoms with Gasteiger partial charge in [-0.1, -0.05) is 29.8 Å². The maximum Gasteiger partial charge on any atom is 0.0492 e. The number of nitrogens with two attached hydrogens (primary N) is 1. The smallest absolute Gasteiger partial charge is 0.0492 e. The molecule has 0 saturated carbocycles. The molecular weight excluding hydrogens is 240 g/mol. The quantitative estimate of drug-likeness (QED) is 0.852. The minimum absolute atomic E-state index is 0.103. The topological polar surface area (TPSA) is 38.9 Å². The van der Waals surface area contributed by atoms with Gasteiger partial charge in [-0.25, -0.2) is 0 Å². The van der Waals surface area contributed by atoms with E-state index in [0.717, 1.165) is 0 Å². The number of benzene rings is 1. The van der Waals surface area contributed by atoms with Crippen molar-refractivity contribution in [1.29, 1.82) is 0 Å². The van der Waals surface area contributed by atoms with E-state index in [4.69, 9.17) is 5.73 Å². The van der Waals surface area contributed by atoms with Crippen LogP contribution in [0.5, 0.6) is 0 Å². The fraction of sp³-hybridized carbons (Fsp3) is 0.267. The lowest BCUT2D eigenvalue weighted by Gasteiger charge is -2.21. The Kier molecular flexibility index (Phi) is 4.39. The number of aryl methyl sites for hydroxylation is 1. The Labute approximate surface area is 113 Å². The van der Waals surface area contributed by atoms with Crippen molar-refractivity contribution in [3.8, 4) is 0 Å². The molecule has 94 valence electrons.